The lowest BCUT2D eigenvalue weighted by Gasteiger charge is -2.11. The number of aliphatic hydroxyl groups excluding tert-OH is 1. The van der Waals surface area contributed by atoms with E-state index in [1.165, 1.54) is 0 Å². The lowest BCUT2D eigenvalue weighted by Crippen LogP contribution is -2.25. The third-order valence-electron chi connectivity index (χ3n) is 3.22. The lowest BCUT2D eigenvalue weighted by molar-refractivity contribution is -0.122. The molecule has 0 saturated heterocycles. The Hall–Kier alpha value is -1.55. The summed E-state index contributed by atoms with van der Waals surface area (Å²) in [5.74, 6) is 1.55. The van der Waals surface area contributed by atoms with Crippen molar-refractivity contribution < 1.29 is 14.6 Å². The van der Waals surface area contributed by atoms with E-state index in [2.05, 4.69) is 12.2 Å². The summed E-state index contributed by atoms with van der Waals surface area (Å²) in [6.45, 7) is 2.82. The minimum Gasteiger partial charge on any atom is -0.491 e. The molecule has 1 aliphatic carbocycles. The van der Waals surface area contributed by atoms with Crippen LogP contribution in [-0.2, 0) is 11.3 Å². The van der Waals surface area contributed by atoms with Crippen molar-refractivity contribution in [2.45, 2.75) is 19.9 Å². The number of hydrogen-bond acceptors (Lipinski definition) is 3. The summed E-state index contributed by atoms with van der Waals surface area (Å²) in [5, 5.41) is 11.7. The van der Waals surface area contributed by atoms with E-state index in [-0.39, 0.29) is 25.0 Å². The van der Waals surface area contributed by atoms with Crippen LogP contribution in [0.3, 0.4) is 0 Å². The summed E-state index contributed by atoms with van der Waals surface area (Å²) in [5.41, 5.74) is 0.938. The number of rotatable bonds is 6. The van der Waals surface area contributed by atoms with E-state index >= 15 is 0 Å². The highest BCUT2D eigenvalue weighted by molar-refractivity contribution is 5.81. The molecular formula is C14H19NO3. The summed E-state index contributed by atoms with van der Waals surface area (Å²) < 4.78 is 5.41. The van der Waals surface area contributed by atoms with Gasteiger partial charge in [0.1, 0.15) is 12.4 Å². The summed E-state index contributed by atoms with van der Waals surface area (Å²) in [4.78, 5) is 11.7. The first-order valence-electron chi connectivity index (χ1n) is 6.31. The van der Waals surface area contributed by atoms with Gasteiger partial charge in [-0.1, -0.05) is 25.1 Å². The molecule has 2 rings (SSSR count). The zero-order chi connectivity index (χ0) is 13.0. The second kappa shape index (κ2) is 5.87. The summed E-state index contributed by atoms with van der Waals surface area (Å²) >= 11 is 0. The molecule has 2 N–H and O–H groups in total. The maximum atomic E-state index is 11.7. The number of ether oxygens (including phenoxy) is 1. The van der Waals surface area contributed by atoms with Crippen molar-refractivity contribution in [2.24, 2.45) is 11.8 Å². The fourth-order valence-electron chi connectivity index (χ4n) is 1.95. The average molecular weight is 249 g/mol. The SMILES string of the molecule is C[C@@H]1C[C@@H]1C(=O)NCc1ccccc1OCCO. The van der Waals surface area contributed by atoms with E-state index in [9.17, 15) is 4.79 Å². The van der Waals surface area contributed by atoms with Gasteiger partial charge in [0.25, 0.3) is 0 Å². The first-order valence-corrected chi connectivity index (χ1v) is 6.31. The molecule has 4 heteroatoms. The number of benzene rings is 1. The number of aliphatic hydroxyl groups is 1. The number of nitrogens with one attached hydrogen (secondary N) is 1. The van der Waals surface area contributed by atoms with Gasteiger partial charge in [0.15, 0.2) is 0 Å². The van der Waals surface area contributed by atoms with E-state index in [0.29, 0.717) is 12.5 Å². The van der Waals surface area contributed by atoms with Gasteiger partial charge in [-0.25, -0.2) is 0 Å². The topological polar surface area (TPSA) is 58.6 Å². The Labute approximate surface area is 107 Å². The smallest absolute Gasteiger partial charge is 0.223 e. The molecule has 0 spiro atoms. The largest absolute Gasteiger partial charge is 0.491 e. The molecule has 1 saturated carbocycles. The highest BCUT2D eigenvalue weighted by Gasteiger charge is 2.38. The van der Waals surface area contributed by atoms with Gasteiger partial charge in [-0.3, -0.25) is 4.79 Å². The van der Waals surface area contributed by atoms with Crippen molar-refractivity contribution in [3.05, 3.63) is 29.8 Å². The molecule has 1 aromatic rings. The molecule has 98 valence electrons. The van der Waals surface area contributed by atoms with Crippen molar-refractivity contribution in [1.82, 2.24) is 5.32 Å². The van der Waals surface area contributed by atoms with Crippen LogP contribution in [0.5, 0.6) is 5.75 Å². The van der Waals surface area contributed by atoms with Crippen LogP contribution in [0.25, 0.3) is 0 Å². The minimum absolute atomic E-state index is 0.0136. The molecule has 0 unspecified atom stereocenters. The number of hydrogen-bond donors (Lipinski definition) is 2. The molecule has 0 aliphatic heterocycles. The molecule has 18 heavy (non-hydrogen) atoms. The monoisotopic (exact) mass is 249 g/mol. The molecule has 0 radical (unpaired) electrons. The molecule has 0 bridgehead atoms. The van der Waals surface area contributed by atoms with Crippen LogP contribution in [0.4, 0.5) is 0 Å². The Bertz CT molecular complexity index is 419. The zero-order valence-corrected chi connectivity index (χ0v) is 10.6. The van der Waals surface area contributed by atoms with Gasteiger partial charge in [0, 0.05) is 18.0 Å². The van der Waals surface area contributed by atoms with Crippen LogP contribution in [0.15, 0.2) is 24.3 Å². The van der Waals surface area contributed by atoms with Gasteiger partial charge in [-0.15, -0.1) is 0 Å². The van der Waals surface area contributed by atoms with Crippen LogP contribution in [0.1, 0.15) is 18.9 Å². The maximum Gasteiger partial charge on any atom is 0.223 e. The molecular weight excluding hydrogens is 230 g/mol. The Balaban J connectivity index is 1.89. The number of para-hydroxylation sites is 1. The standard InChI is InChI=1S/C14H19NO3/c1-10-8-12(10)14(17)15-9-11-4-2-3-5-13(11)18-7-6-16/h2-5,10,12,16H,6-9H2,1H3,(H,15,17)/t10-,12+/m1/s1. The third-order valence-corrected chi connectivity index (χ3v) is 3.22. The average Bonchev–Trinajstić information content (AvgIpc) is 3.11. The van der Waals surface area contributed by atoms with Gasteiger partial charge >= 0.3 is 0 Å². The summed E-state index contributed by atoms with van der Waals surface area (Å²) in [7, 11) is 0. The molecule has 2 atom stereocenters. The van der Waals surface area contributed by atoms with Gasteiger partial charge in [0.2, 0.25) is 5.91 Å². The molecule has 1 fully saturated rings. The third kappa shape index (κ3) is 3.23. The summed E-state index contributed by atoms with van der Waals surface area (Å²) in [6, 6.07) is 7.55. The highest BCUT2D eigenvalue weighted by atomic mass is 16.5. The second-order valence-electron chi connectivity index (χ2n) is 4.72. The second-order valence-corrected chi connectivity index (χ2v) is 4.72. The van der Waals surface area contributed by atoms with Crippen molar-refractivity contribution >= 4 is 5.91 Å². The Morgan fingerprint density at radius 2 is 2.22 bits per heavy atom. The molecule has 1 aliphatic rings. The fourth-order valence-corrected chi connectivity index (χ4v) is 1.95. The normalized spacial score (nSPS) is 21.4. The molecule has 1 aromatic carbocycles. The predicted molar refractivity (Wildman–Crippen MR) is 68.1 cm³/mol. The fraction of sp³-hybridized carbons (Fsp3) is 0.500. The lowest BCUT2D eigenvalue weighted by atomic mass is 10.2. The van der Waals surface area contributed by atoms with Gasteiger partial charge in [-0.2, -0.15) is 0 Å². The number of carbonyl (C=O) groups is 1. The highest BCUT2D eigenvalue weighted by Crippen LogP contribution is 2.37. The van der Waals surface area contributed by atoms with E-state index in [0.717, 1.165) is 17.7 Å². The first-order chi connectivity index (χ1) is 8.72. The van der Waals surface area contributed by atoms with E-state index in [1.54, 1.807) is 0 Å². The quantitative estimate of drug-likeness (QED) is 0.799. The first kappa shape index (κ1) is 12.9. The Morgan fingerprint density at radius 3 is 2.89 bits per heavy atom. The van der Waals surface area contributed by atoms with Crippen molar-refractivity contribution in [3.8, 4) is 5.75 Å². The predicted octanol–water partition coefficient (Wildman–Crippen LogP) is 1.33. The van der Waals surface area contributed by atoms with Crippen molar-refractivity contribution in [1.29, 1.82) is 0 Å². The molecule has 1 amide bonds. The van der Waals surface area contributed by atoms with Crippen LogP contribution >= 0.6 is 0 Å². The van der Waals surface area contributed by atoms with Gasteiger partial charge < -0.3 is 15.2 Å². The van der Waals surface area contributed by atoms with Crippen LogP contribution in [0, 0.1) is 11.8 Å². The number of carbonyl (C=O) groups excluding carboxylic acids is 1. The number of amides is 1. The van der Waals surface area contributed by atoms with Crippen LogP contribution in [0.2, 0.25) is 0 Å². The zero-order valence-electron chi connectivity index (χ0n) is 10.6. The van der Waals surface area contributed by atoms with E-state index < -0.39 is 0 Å². The summed E-state index contributed by atoms with van der Waals surface area (Å²) in [6.07, 6.45) is 0.995. The van der Waals surface area contributed by atoms with E-state index in [4.69, 9.17) is 9.84 Å². The van der Waals surface area contributed by atoms with Gasteiger partial charge in [-0.05, 0) is 18.4 Å². The van der Waals surface area contributed by atoms with Crippen molar-refractivity contribution in [2.75, 3.05) is 13.2 Å². The molecule has 0 heterocycles. The van der Waals surface area contributed by atoms with Crippen LogP contribution in [-0.4, -0.2) is 24.2 Å². The molecule has 0 aromatic heterocycles. The van der Waals surface area contributed by atoms with Crippen LogP contribution < -0.4 is 10.1 Å². The molecule has 4 nitrogen and oxygen atoms in total. The van der Waals surface area contributed by atoms with Crippen molar-refractivity contribution in [3.63, 3.8) is 0 Å². The Kier molecular flexibility index (Phi) is 4.20. The van der Waals surface area contributed by atoms with E-state index in [1.807, 2.05) is 24.3 Å². The Morgan fingerprint density at radius 1 is 1.50 bits per heavy atom. The minimum atomic E-state index is -0.0136. The maximum absolute atomic E-state index is 11.7. The van der Waals surface area contributed by atoms with Gasteiger partial charge in [0.05, 0.1) is 6.61 Å².